The number of fused-ring (bicyclic) bond motifs is 1. The summed E-state index contributed by atoms with van der Waals surface area (Å²) in [6.07, 6.45) is 1.51. The van der Waals surface area contributed by atoms with E-state index in [1.54, 1.807) is 13.8 Å². The Bertz CT molecular complexity index is 798. The van der Waals surface area contributed by atoms with E-state index >= 15 is 0 Å². The highest BCUT2D eigenvalue weighted by Crippen LogP contribution is 2.50. The molecule has 0 aliphatic carbocycles. The predicted octanol–water partition coefficient (Wildman–Crippen LogP) is 0.619. The van der Waals surface area contributed by atoms with Gasteiger partial charge in [-0.15, -0.1) is 11.8 Å². The lowest BCUT2D eigenvalue weighted by Crippen LogP contribution is -2.71. The van der Waals surface area contributed by atoms with E-state index in [0.29, 0.717) is 12.0 Å². The first kappa shape index (κ1) is 22.7. The van der Waals surface area contributed by atoms with Crippen molar-refractivity contribution in [1.29, 1.82) is 0 Å². The van der Waals surface area contributed by atoms with Crippen LogP contribution < -0.4 is 11.1 Å². The van der Waals surface area contributed by atoms with Crippen molar-refractivity contribution in [2.24, 2.45) is 5.73 Å². The molecule has 5 N–H and O–H groups in total. The lowest BCUT2D eigenvalue weighted by atomic mass is 9.95. The summed E-state index contributed by atoms with van der Waals surface area (Å²) in [5.74, 6) is -1.94. The number of nitrogens with zero attached hydrogens (tertiary/aromatic N) is 1. The Morgan fingerprint density at radius 1 is 1.34 bits per heavy atom. The minimum Gasteiger partial charge on any atom is -0.508 e. The lowest BCUT2D eigenvalue weighted by molar-refractivity contribution is -0.161. The molecule has 2 heterocycles. The third-order valence-electron chi connectivity index (χ3n) is 4.67. The third kappa shape index (κ3) is 4.54. The number of carbonyl (C=O) groups excluding carboxylic acids is 3. The summed E-state index contributed by atoms with van der Waals surface area (Å²) in [5, 5.41) is 20.9. The van der Waals surface area contributed by atoms with Crippen molar-refractivity contribution in [2.75, 3.05) is 0 Å². The zero-order valence-corrected chi connectivity index (χ0v) is 17.2. The van der Waals surface area contributed by atoms with Crippen LogP contribution in [0.3, 0.4) is 0 Å². The Morgan fingerprint density at radius 2 is 1.90 bits per heavy atom. The number of phenols is 1. The molecule has 1 aromatic carbocycles. The molecule has 0 bridgehead atoms. The second kappa shape index (κ2) is 8.83. The topological polar surface area (TPSA) is 150 Å². The molecule has 0 radical (unpaired) electrons. The number of nitrogens with one attached hydrogen (secondary N) is 1. The van der Waals surface area contributed by atoms with Crippen molar-refractivity contribution >= 4 is 35.8 Å². The maximum atomic E-state index is 12.3. The normalized spacial score (nSPS) is 25.0. The Kier molecular flexibility index (Phi) is 6.91. The highest BCUT2D eigenvalue weighted by molar-refractivity contribution is 8.01. The maximum absolute atomic E-state index is 12.3. The molecule has 0 unspecified atom stereocenters. The molecule has 2 aliphatic rings. The van der Waals surface area contributed by atoms with E-state index in [2.05, 4.69) is 5.32 Å². The molecule has 1 aromatic rings. The number of hydrogen-bond acceptors (Lipinski definition) is 7. The van der Waals surface area contributed by atoms with Crippen molar-refractivity contribution in [2.45, 2.75) is 55.4 Å². The van der Waals surface area contributed by atoms with Crippen molar-refractivity contribution in [3.8, 4) is 5.75 Å². The van der Waals surface area contributed by atoms with E-state index in [4.69, 9.17) is 5.73 Å². The quantitative estimate of drug-likeness (QED) is 0.398. The van der Waals surface area contributed by atoms with Crippen molar-refractivity contribution in [3.63, 3.8) is 0 Å². The van der Waals surface area contributed by atoms with Gasteiger partial charge in [0.15, 0.2) is 0 Å². The zero-order chi connectivity index (χ0) is 21.9. The molecule has 2 amide bonds. The smallest absolute Gasteiger partial charge is 0.327 e. The van der Waals surface area contributed by atoms with E-state index in [1.807, 2.05) is 6.92 Å². The van der Waals surface area contributed by atoms with Crippen LogP contribution in [0.4, 0.5) is 0 Å². The number of rotatable bonds is 5. The molecule has 0 spiro atoms. The maximum Gasteiger partial charge on any atom is 0.327 e. The van der Waals surface area contributed by atoms with Crippen LogP contribution in [0.2, 0.25) is 0 Å². The summed E-state index contributed by atoms with van der Waals surface area (Å²) < 4.78 is -0.648. The molecule has 158 valence electrons. The minimum absolute atomic E-state index is 0.0606. The van der Waals surface area contributed by atoms with Gasteiger partial charge in [-0.25, -0.2) is 4.79 Å². The first-order valence-electron chi connectivity index (χ1n) is 9.06. The van der Waals surface area contributed by atoms with E-state index in [-0.39, 0.29) is 5.75 Å². The minimum atomic E-state index is -1.06. The molecule has 10 heteroatoms. The summed E-state index contributed by atoms with van der Waals surface area (Å²) in [7, 11) is 0. The molecule has 0 aromatic heterocycles. The van der Waals surface area contributed by atoms with Crippen LogP contribution in [-0.2, 0) is 19.2 Å². The van der Waals surface area contributed by atoms with Gasteiger partial charge in [0, 0.05) is 11.2 Å². The van der Waals surface area contributed by atoms with Gasteiger partial charge in [-0.3, -0.25) is 9.59 Å². The number of β-lactam (4-membered cyclic amide) rings is 1. The fourth-order valence-electron chi connectivity index (χ4n) is 3.22. The van der Waals surface area contributed by atoms with Gasteiger partial charge < -0.3 is 31.0 Å². The number of aldehydes is 1. The summed E-state index contributed by atoms with van der Waals surface area (Å²) in [5.41, 5.74) is 6.41. The van der Waals surface area contributed by atoms with E-state index in [1.165, 1.54) is 40.9 Å². The second-order valence-electron chi connectivity index (χ2n) is 7.23. The Balaban J connectivity index is 0.000000687. The van der Waals surface area contributed by atoms with Gasteiger partial charge in [0.1, 0.15) is 35.5 Å². The highest BCUT2D eigenvalue weighted by atomic mass is 32.2. The van der Waals surface area contributed by atoms with Crippen molar-refractivity contribution in [3.05, 3.63) is 29.8 Å². The fourth-order valence-corrected chi connectivity index (χ4v) is 4.85. The van der Waals surface area contributed by atoms with Gasteiger partial charge in [0.25, 0.3) is 0 Å². The summed E-state index contributed by atoms with van der Waals surface area (Å²) in [4.78, 5) is 46.6. The molecular weight excluding hydrogens is 398 g/mol. The number of carbonyl (C=O) groups is 4. The Hall–Kier alpha value is -2.59. The first-order chi connectivity index (χ1) is 13.5. The second-order valence-corrected chi connectivity index (χ2v) is 9.00. The number of amides is 2. The van der Waals surface area contributed by atoms with Crippen LogP contribution in [0.25, 0.3) is 0 Å². The molecule has 4 atom stereocenters. The predicted molar refractivity (Wildman–Crippen MR) is 107 cm³/mol. The van der Waals surface area contributed by atoms with Gasteiger partial charge in [-0.1, -0.05) is 19.1 Å². The number of aromatic hydroxyl groups is 1. The van der Waals surface area contributed by atoms with Gasteiger partial charge in [0.05, 0.1) is 0 Å². The highest BCUT2D eigenvalue weighted by Gasteiger charge is 2.64. The molecule has 3 rings (SSSR count). The number of aliphatic carboxylic acids is 1. The van der Waals surface area contributed by atoms with E-state index in [0.717, 1.165) is 6.29 Å². The molecular formula is C19H25N3O6S. The van der Waals surface area contributed by atoms with Crippen LogP contribution in [0.5, 0.6) is 5.75 Å². The number of nitrogens with two attached hydrogens (primary N) is 1. The number of carboxylic acid groups (broad SMARTS) is 1. The summed E-state index contributed by atoms with van der Waals surface area (Å²) in [6.45, 7) is 5.35. The van der Waals surface area contributed by atoms with E-state index in [9.17, 15) is 29.4 Å². The molecule has 2 saturated heterocycles. The van der Waals surface area contributed by atoms with Crippen LogP contribution in [0, 0.1) is 0 Å². The summed E-state index contributed by atoms with van der Waals surface area (Å²) in [6, 6.07) is 3.21. The standard InChI is InChI=1S/C16H19N3O5S.C3H6O/c1-16(2)11(15(23)24)19-13(22)10(14(19)25-16)18-12(21)9(17)7-3-5-8(20)6-4-7;1-2-3-4/h3-6,9-11,14,20H,17H2,1-2H3,(H,18,21)(H,23,24);3H,2H2,1H3/t9-,10-,11+,14-;/m1./s1. The van der Waals surface area contributed by atoms with Gasteiger partial charge >= 0.3 is 5.97 Å². The molecule has 9 nitrogen and oxygen atoms in total. The van der Waals surface area contributed by atoms with Gasteiger partial charge in [0.2, 0.25) is 11.8 Å². The average molecular weight is 423 g/mol. The lowest BCUT2D eigenvalue weighted by Gasteiger charge is -2.43. The molecule has 29 heavy (non-hydrogen) atoms. The van der Waals surface area contributed by atoms with Gasteiger partial charge in [-0.05, 0) is 31.5 Å². The number of phenolic OH excluding ortho intramolecular Hbond substituents is 1. The number of benzene rings is 1. The SMILES string of the molecule is CC1(C)S[C@@H]2[C@H](NC(=O)[C@H](N)c3ccc(O)cc3)C(=O)N2[C@H]1C(=O)O.CCC=O. The average Bonchev–Trinajstić information content (AvgIpc) is 2.94. The van der Waals surface area contributed by atoms with Crippen LogP contribution in [-0.4, -0.2) is 61.4 Å². The molecule has 2 fully saturated rings. The van der Waals surface area contributed by atoms with E-state index < -0.39 is 46.0 Å². The number of thioether (sulfide) groups is 1. The van der Waals surface area contributed by atoms with Gasteiger partial charge in [-0.2, -0.15) is 0 Å². The molecule has 0 saturated carbocycles. The Morgan fingerprint density at radius 3 is 2.38 bits per heavy atom. The monoisotopic (exact) mass is 423 g/mol. The van der Waals surface area contributed by atoms with Crippen LogP contribution >= 0.6 is 11.8 Å². The largest absolute Gasteiger partial charge is 0.508 e. The van der Waals surface area contributed by atoms with Crippen molar-refractivity contribution in [1.82, 2.24) is 10.2 Å². The van der Waals surface area contributed by atoms with Crippen LogP contribution in [0.1, 0.15) is 38.8 Å². The molecule has 2 aliphatic heterocycles. The van der Waals surface area contributed by atoms with Crippen molar-refractivity contribution < 1.29 is 29.4 Å². The summed E-state index contributed by atoms with van der Waals surface area (Å²) >= 11 is 1.35. The fraction of sp³-hybridized carbons (Fsp3) is 0.474. The number of hydrogen-bond donors (Lipinski definition) is 4. The first-order valence-corrected chi connectivity index (χ1v) is 9.94. The number of carboxylic acids is 1. The third-order valence-corrected chi connectivity index (χ3v) is 6.25. The zero-order valence-electron chi connectivity index (χ0n) is 16.4. The van der Waals surface area contributed by atoms with Crippen LogP contribution in [0.15, 0.2) is 24.3 Å². The Labute approximate surface area is 172 Å².